The summed E-state index contributed by atoms with van der Waals surface area (Å²) in [6.07, 6.45) is 5.89. The summed E-state index contributed by atoms with van der Waals surface area (Å²) in [5, 5.41) is 4.58. The molecule has 0 radical (unpaired) electrons. The predicted molar refractivity (Wildman–Crippen MR) is 60.6 cm³/mol. The minimum Gasteiger partial charge on any atom is -0.270 e. The van der Waals surface area contributed by atoms with E-state index in [1.54, 1.807) is 0 Å². The number of rotatable bonds is 5. The van der Waals surface area contributed by atoms with Crippen molar-refractivity contribution in [2.45, 2.75) is 58.9 Å². The van der Waals surface area contributed by atoms with Crippen molar-refractivity contribution in [3.8, 4) is 0 Å². The molecule has 0 amide bonds. The molecule has 0 spiro atoms. The van der Waals surface area contributed by atoms with Crippen LogP contribution in [0, 0.1) is 0 Å². The molecular weight excluding hydrogens is 172 g/mol. The van der Waals surface area contributed by atoms with Gasteiger partial charge in [-0.1, -0.05) is 33.6 Å². The molecule has 0 aromatic carbocycles. The number of unbranched alkanes of at least 4 members (excludes halogenated alkanes) is 1. The molecule has 0 saturated heterocycles. The van der Waals surface area contributed by atoms with Crippen LogP contribution >= 0.6 is 0 Å². The highest BCUT2D eigenvalue weighted by atomic mass is 15.3. The second kappa shape index (κ2) is 5.18. The molecule has 1 atom stereocenters. The molecule has 2 nitrogen and oxygen atoms in total. The second-order valence-corrected chi connectivity index (χ2v) is 4.37. The molecule has 2 heteroatoms. The van der Waals surface area contributed by atoms with Gasteiger partial charge in [0.25, 0.3) is 0 Å². The Labute approximate surface area is 87.3 Å². The monoisotopic (exact) mass is 194 g/mol. The van der Waals surface area contributed by atoms with Crippen LogP contribution in [-0.2, 0) is 0 Å². The molecule has 14 heavy (non-hydrogen) atoms. The van der Waals surface area contributed by atoms with E-state index in [0.29, 0.717) is 12.0 Å². The van der Waals surface area contributed by atoms with Crippen molar-refractivity contribution in [2.75, 3.05) is 0 Å². The summed E-state index contributed by atoms with van der Waals surface area (Å²) in [7, 11) is 0. The van der Waals surface area contributed by atoms with Crippen molar-refractivity contribution in [3.63, 3.8) is 0 Å². The summed E-state index contributed by atoms with van der Waals surface area (Å²) in [5.74, 6) is 0.537. The highest BCUT2D eigenvalue weighted by Gasteiger charge is 2.07. The van der Waals surface area contributed by atoms with Crippen molar-refractivity contribution in [1.29, 1.82) is 0 Å². The van der Waals surface area contributed by atoms with Crippen LogP contribution in [0.1, 0.15) is 64.6 Å². The van der Waals surface area contributed by atoms with E-state index in [-0.39, 0.29) is 0 Å². The van der Waals surface area contributed by atoms with Gasteiger partial charge in [0.05, 0.1) is 5.69 Å². The topological polar surface area (TPSA) is 17.8 Å². The van der Waals surface area contributed by atoms with E-state index in [0.717, 1.165) is 0 Å². The van der Waals surface area contributed by atoms with Gasteiger partial charge in [0.15, 0.2) is 0 Å². The summed E-state index contributed by atoms with van der Waals surface area (Å²) in [5.41, 5.74) is 1.20. The lowest BCUT2D eigenvalue weighted by atomic mass is 10.1. The Morgan fingerprint density at radius 2 is 2.07 bits per heavy atom. The summed E-state index contributed by atoms with van der Waals surface area (Å²) in [4.78, 5) is 0. The first-order valence-electron chi connectivity index (χ1n) is 5.70. The fraction of sp³-hybridized carbons (Fsp3) is 0.750. The fourth-order valence-corrected chi connectivity index (χ4v) is 1.54. The zero-order chi connectivity index (χ0) is 10.6. The van der Waals surface area contributed by atoms with Crippen molar-refractivity contribution in [3.05, 3.63) is 18.0 Å². The van der Waals surface area contributed by atoms with Crippen molar-refractivity contribution in [1.82, 2.24) is 9.78 Å². The molecule has 1 unspecified atom stereocenters. The molecule has 0 bridgehead atoms. The quantitative estimate of drug-likeness (QED) is 0.698. The van der Waals surface area contributed by atoms with Gasteiger partial charge in [-0.3, -0.25) is 4.68 Å². The van der Waals surface area contributed by atoms with Gasteiger partial charge >= 0.3 is 0 Å². The zero-order valence-electron chi connectivity index (χ0n) is 9.83. The van der Waals surface area contributed by atoms with Gasteiger partial charge in [0, 0.05) is 12.2 Å². The highest BCUT2D eigenvalue weighted by Crippen LogP contribution is 2.16. The third-order valence-electron chi connectivity index (χ3n) is 2.65. The molecule has 0 saturated carbocycles. The number of hydrogen-bond donors (Lipinski definition) is 0. The Hall–Kier alpha value is -0.790. The van der Waals surface area contributed by atoms with Crippen LogP contribution in [0.25, 0.3) is 0 Å². The first kappa shape index (κ1) is 11.3. The van der Waals surface area contributed by atoms with Gasteiger partial charge in [-0.25, -0.2) is 0 Å². The summed E-state index contributed by atoms with van der Waals surface area (Å²) >= 11 is 0. The molecule has 1 rings (SSSR count). The Bertz CT molecular complexity index is 263. The lowest BCUT2D eigenvalue weighted by molar-refractivity contribution is 0.439. The van der Waals surface area contributed by atoms with Gasteiger partial charge in [-0.15, -0.1) is 0 Å². The normalized spacial score (nSPS) is 13.5. The second-order valence-electron chi connectivity index (χ2n) is 4.37. The van der Waals surface area contributed by atoms with Crippen molar-refractivity contribution >= 4 is 0 Å². The predicted octanol–water partition coefficient (Wildman–Crippen LogP) is 3.76. The summed E-state index contributed by atoms with van der Waals surface area (Å²) in [6.45, 7) is 8.84. The molecular formula is C12H22N2. The SMILES string of the molecule is CCCCC(C)n1ccc(C(C)C)n1. The zero-order valence-corrected chi connectivity index (χ0v) is 9.83. The van der Waals surface area contributed by atoms with E-state index in [9.17, 15) is 0 Å². The van der Waals surface area contributed by atoms with Crippen LogP contribution in [0.15, 0.2) is 12.3 Å². The lowest BCUT2D eigenvalue weighted by Crippen LogP contribution is -2.06. The molecule has 0 N–H and O–H groups in total. The van der Waals surface area contributed by atoms with Crippen LogP contribution in [0.4, 0.5) is 0 Å². The van der Waals surface area contributed by atoms with E-state index < -0.39 is 0 Å². The molecule has 0 aliphatic carbocycles. The summed E-state index contributed by atoms with van der Waals surface area (Å²) < 4.78 is 2.10. The minimum atomic E-state index is 0.537. The van der Waals surface area contributed by atoms with E-state index >= 15 is 0 Å². The molecule has 0 aliphatic heterocycles. The van der Waals surface area contributed by atoms with E-state index in [4.69, 9.17) is 0 Å². The number of aromatic nitrogens is 2. The molecule has 1 heterocycles. The first-order valence-corrected chi connectivity index (χ1v) is 5.70. The number of nitrogens with zero attached hydrogens (tertiary/aromatic N) is 2. The lowest BCUT2D eigenvalue weighted by Gasteiger charge is -2.11. The Kier molecular flexibility index (Phi) is 4.18. The minimum absolute atomic E-state index is 0.537. The maximum absolute atomic E-state index is 4.58. The van der Waals surface area contributed by atoms with Crippen LogP contribution in [0.5, 0.6) is 0 Å². The van der Waals surface area contributed by atoms with Gasteiger partial charge in [0.2, 0.25) is 0 Å². The molecule has 0 fully saturated rings. The highest BCUT2D eigenvalue weighted by molar-refractivity contribution is 5.04. The fourth-order valence-electron chi connectivity index (χ4n) is 1.54. The van der Waals surface area contributed by atoms with E-state index in [1.807, 2.05) is 0 Å². The maximum Gasteiger partial charge on any atom is 0.0650 e. The molecule has 80 valence electrons. The molecule has 1 aromatic heterocycles. The standard InChI is InChI=1S/C12H22N2/c1-5-6-7-11(4)14-9-8-12(13-14)10(2)3/h8-11H,5-7H2,1-4H3. The first-order chi connectivity index (χ1) is 6.65. The third kappa shape index (κ3) is 2.86. The largest absolute Gasteiger partial charge is 0.270 e. The number of hydrogen-bond acceptors (Lipinski definition) is 1. The molecule has 0 aliphatic rings. The Morgan fingerprint density at radius 1 is 1.36 bits per heavy atom. The van der Waals surface area contributed by atoms with Crippen LogP contribution < -0.4 is 0 Å². The van der Waals surface area contributed by atoms with E-state index in [1.165, 1.54) is 25.0 Å². The van der Waals surface area contributed by atoms with Crippen LogP contribution in [-0.4, -0.2) is 9.78 Å². The molecule has 1 aromatic rings. The smallest absolute Gasteiger partial charge is 0.0650 e. The van der Waals surface area contributed by atoms with E-state index in [2.05, 4.69) is 49.7 Å². The Balaban J connectivity index is 2.57. The average molecular weight is 194 g/mol. The average Bonchev–Trinajstić information content (AvgIpc) is 2.62. The van der Waals surface area contributed by atoms with Gasteiger partial charge < -0.3 is 0 Å². The van der Waals surface area contributed by atoms with Crippen molar-refractivity contribution < 1.29 is 0 Å². The van der Waals surface area contributed by atoms with Crippen molar-refractivity contribution in [2.24, 2.45) is 0 Å². The van der Waals surface area contributed by atoms with Gasteiger partial charge in [0.1, 0.15) is 0 Å². The van der Waals surface area contributed by atoms with Gasteiger partial charge in [-0.05, 0) is 25.3 Å². The van der Waals surface area contributed by atoms with Crippen LogP contribution in [0.3, 0.4) is 0 Å². The van der Waals surface area contributed by atoms with Gasteiger partial charge in [-0.2, -0.15) is 5.10 Å². The maximum atomic E-state index is 4.58. The third-order valence-corrected chi connectivity index (χ3v) is 2.65. The Morgan fingerprint density at radius 3 is 2.57 bits per heavy atom. The summed E-state index contributed by atoms with van der Waals surface area (Å²) in [6, 6.07) is 2.68. The van der Waals surface area contributed by atoms with Crippen LogP contribution in [0.2, 0.25) is 0 Å².